The topological polar surface area (TPSA) is 21.7 Å². The highest BCUT2D eigenvalue weighted by atomic mass is 127. The fourth-order valence-electron chi connectivity index (χ4n) is 0.996. The second-order valence-electron chi connectivity index (χ2n) is 3.11. The molecule has 0 bridgehead atoms. The Balaban J connectivity index is 2.20. The van der Waals surface area contributed by atoms with Gasteiger partial charge < -0.3 is 14.4 Å². The Labute approximate surface area is 100 Å². The van der Waals surface area contributed by atoms with E-state index in [1.807, 2.05) is 0 Å². The Morgan fingerprint density at radius 2 is 2.17 bits per heavy atom. The first-order chi connectivity index (χ1) is 5.49. The van der Waals surface area contributed by atoms with E-state index < -0.39 is 1.80 Å². The zero-order valence-corrected chi connectivity index (χ0v) is 11.5. The van der Waals surface area contributed by atoms with E-state index in [-0.39, 0.29) is 6.10 Å². The van der Waals surface area contributed by atoms with E-state index in [4.69, 9.17) is 9.47 Å². The second kappa shape index (κ2) is 4.72. The highest BCUT2D eigenvalue weighted by Gasteiger charge is 2.35. The standard InChI is InChI=1S/C7H13I2NO2/c1-10(2)4-3-6-5-11-7(8,9)12-6/h6H,3-5H2,1-2H3/t6-/m1/s1. The van der Waals surface area contributed by atoms with Gasteiger partial charge in [-0.15, -0.1) is 0 Å². The van der Waals surface area contributed by atoms with Crippen LogP contribution in [0, 0.1) is 0 Å². The largest absolute Gasteiger partial charge is 0.331 e. The van der Waals surface area contributed by atoms with Crippen molar-refractivity contribution in [1.29, 1.82) is 0 Å². The summed E-state index contributed by atoms with van der Waals surface area (Å²) in [5, 5.41) is 0. The molecule has 0 aromatic carbocycles. The molecule has 72 valence electrons. The molecule has 0 aromatic rings. The maximum atomic E-state index is 5.62. The van der Waals surface area contributed by atoms with Gasteiger partial charge in [0.2, 0.25) is 0 Å². The zero-order chi connectivity index (χ0) is 9.19. The van der Waals surface area contributed by atoms with Crippen LogP contribution in [0.3, 0.4) is 0 Å². The van der Waals surface area contributed by atoms with Gasteiger partial charge in [-0.2, -0.15) is 0 Å². The molecule has 0 aliphatic carbocycles. The molecular formula is C7H13I2NO2. The SMILES string of the molecule is CN(C)CC[C@@H]1COC(I)(I)O1. The first-order valence-electron chi connectivity index (χ1n) is 3.84. The molecule has 1 atom stereocenters. The van der Waals surface area contributed by atoms with E-state index in [2.05, 4.69) is 64.2 Å². The van der Waals surface area contributed by atoms with Crippen molar-refractivity contribution >= 4 is 45.2 Å². The highest BCUT2D eigenvalue weighted by molar-refractivity contribution is 14.2. The molecule has 1 fully saturated rings. The minimum Gasteiger partial charge on any atom is -0.331 e. The first kappa shape index (κ1) is 11.4. The summed E-state index contributed by atoms with van der Waals surface area (Å²) in [6.45, 7) is 1.77. The third-order valence-electron chi connectivity index (χ3n) is 1.64. The maximum absolute atomic E-state index is 5.62. The van der Waals surface area contributed by atoms with Gasteiger partial charge in [-0.3, -0.25) is 0 Å². The number of hydrogen-bond acceptors (Lipinski definition) is 3. The molecule has 1 aliphatic heterocycles. The van der Waals surface area contributed by atoms with E-state index in [9.17, 15) is 0 Å². The molecule has 0 saturated carbocycles. The molecular weight excluding hydrogens is 384 g/mol. The van der Waals surface area contributed by atoms with Crippen LogP contribution in [0.25, 0.3) is 0 Å². The fourth-order valence-corrected chi connectivity index (χ4v) is 2.08. The lowest BCUT2D eigenvalue weighted by Gasteiger charge is -2.15. The number of rotatable bonds is 3. The Hall–Kier alpha value is 1.34. The van der Waals surface area contributed by atoms with Gasteiger partial charge in [0, 0.05) is 51.7 Å². The Bertz CT molecular complexity index is 152. The number of ether oxygens (including phenoxy) is 2. The summed E-state index contributed by atoms with van der Waals surface area (Å²) in [6, 6.07) is 0. The summed E-state index contributed by atoms with van der Waals surface area (Å²) < 4.78 is 10.6. The van der Waals surface area contributed by atoms with Crippen LogP contribution in [0.15, 0.2) is 0 Å². The highest BCUT2D eigenvalue weighted by Crippen LogP contribution is 2.37. The summed E-state index contributed by atoms with van der Waals surface area (Å²) in [7, 11) is 4.13. The van der Waals surface area contributed by atoms with Crippen LogP contribution in [-0.2, 0) is 9.47 Å². The van der Waals surface area contributed by atoms with Crippen LogP contribution >= 0.6 is 45.2 Å². The quantitative estimate of drug-likeness (QED) is 0.536. The van der Waals surface area contributed by atoms with E-state index in [1.165, 1.54) is 0 Å². The predicted octanol–water partition coefficient (Wildman–Crippen LogP) is 1.83. The van der Waals surface area contributed by atoms with Gasteiger partial charge in [0.15, 0.2) is 0 Å². The van der Waals surface area contributed by atoms with Crippen LogP contribution in [0.2, 0.25) is 0 Å². The predicted molar refractivity (Wildman–Crippen MR) is 64.8 cm³/mol. The minimum absolute atomic E-state index is 0.265. The van der Waals surface area contributed by atoms with Crippen LogP contribution < -0.4 is 0 Å². The average molecular weight is 397 g/mol. The fraction of sp³-hybridized carbons (Fsp3) is 1.00. The molecule has 12 heavy (non-hydrogen) atoms. The van der Waals surface area contributed by atoms with Crippen molar-refractivity contribution in [3.8, 4) is 0 Å². The van der Waals surface area contributed by atoms with Crippen molar-refractivity contribution in [2.75, 3.05) is 27.2 Å². The third-order valence-corrected chi connectivity index (χ3v) is 2.77. The van der Waals surface area contributed by atoms with Crippen LogP contribution in [0.1, 0.15) is 6.42 Å². The minimum atomic E-state index is -0.424. The monoisotopic (exact) mass is 397 g/mol. The van der Waals surface area contributed by atoms with Crippen molar-refractivity contribution in [2.24, 2.45) is 0 Å². The lowest BCUT2D eigenvalue weighted by atomic mass is 10.2. The van der Waals surface area contributed by atoms with Gasteiger partial charge in [-0.05, 0) is 20.5 Å². The van der Waals surface area contributed by atoms with Gasteiger partial charge in [-0.1, -0.05) is 0 Å². The van der Waals surface area contributed by atoms with E-state index in [0.717, 1.165) is 19.6 Å². The lowest BCUT2D eigenvalue weighted by Crippen LogP contribution is -2.21. The molecule has 0 N–H and O–H groups in total. The van der Waals surface area contributed by atoms with Crippen molar-refractivity contribution in [3.63, 3.8) is 0 Å². The molecule has 0 unspecified atom stereocenters. The third kappa shape index (κ3) is 4.03. The Kier molecular flexibility index (Phi) is 4.49. The molecule has 1 heterocycles. The Morgan fingerprint density at radius 3 is 2.58 bits per heavy atom. The molecule has 3 nitrogen and oxygen atoms in total. The zero-order valence-electron chi connectivity index (χ0n) is 7.22. The van der Waals surface area contributed by atoms with Gasteiger partial charge in [0.1, 0.15) is 0 Å². The van der Waals surface area contributed by atoms with Crippen molar-refractivity contribution in [1.82, 2.24) is 4.90 Å². The van der Waals surface area contributed by atoms with E-state index >= 15 is 0 Å². The molecule has 0 radical (unpaired) electrons. The average Bonchev–Trinajstić information content (AvgIpc) is 2.26. The number of alkyl halides is 2. The van der Waals surface area contributed by atoms with Crippen molar-refractivity contribution in [2.45, 2.75) is 14.3 Å². The molecule has 0 spiro atoms. The van der Waals surface area contributed by atoms with E-state index in [0.29, 0.717) is 0 Å². The molecule has 0 amide bonds. The molecule has 1 saturated heterocycles. The molecule has 0 aromatic heterocycles. The molecule has 1 aliphatic rings. The first-order valence-corrected chi connectivity index (χ1v) is 6.00. The molecule has 1 rings (SSSR count). The number of nitrogens with zero attached hydrogens (tertiary/aromatic N) is 1. The Morgan fingerprint density at radius 1 is 1.50 bits per heavy atom. The molecule has 5 heteroatoms. The van der Waals surface area contributed by atoms with E-state index in [1.54, 1.807) is 0 Å². The second-order valence-corrected chi connectivity index (χ2v) is 8.01. The maximum Gasteiger partial charge on any atom is 0.275 e. The van der Waals surface area contributed by atoms with Gasteiger partial charge in [0.25, 0.3) is 1.80 Å². The summed E-state index contributed by atoms with van der Waals surface area (Å²) >= 11 is 4.33. The summed E-state index contributed by atoms with van der Waals surface area (Å²) in [5.74, 6) is 0. The van der Waals surface area contributed by atoms with Gasteiger partial charge >= 0.3 is 0 Å². The van der Waals surface area contributed by atoms with Crippen molar-refractivity contribution in [3.05, 3.63) is 0 Å². The smallest absolute Gasteiger partial charge is 0.275 e. The normalized spacial score (nSPS) is 28.2. The van der Waals surface area contributed by atoms with Gasteiger partial charge in [-0.25, -0.2) is 0 Å². The summed E-state index contributed by atoms with van der Waals surface area (Å²) in [4.78, 5) is 2.16. The van der Waals surface area contributed by atoms with Crippen LogP contribution in [-0.4, -0.2) is 40.1 Å². The van der Waals surface area contributed by atoms with Gasteiger partial charge in [0.05, 0.1) is 12.7 Å². The lowest BCUT2D eigenvalue weighted by molar-refractivity contribution is 0.0110. The van der Waals surface area contributed by atoms with Crippen LogP contribution in [0.4, 0.5) is 0 Å². The van der Waals surface area contributed by atoms with Crippen molar-refractivity contribution < 1.29 is 9.47 Å². The number of hydrogen-bond donors (Lipinski definition) is 0. The number of halogens is 2. The van der Waals surface area contributed by atoms with Crippen LogP contribution in [0.5, 0.6) is 0 Å². The summed E-state index contributed by atoms with van der Waals surface area (Å²) in [5.41, 5.74) is 0. The summed E-state index contributed by atoms with van der Waals surface area (Å²) in [6.07, 6.45) is 1.31.